The Morgan fingerprint density at radius 3 is 2.80 bits per heavy atom. The van der Waals surface area contributed by atoms with Gasteiger partial charge in [0.15, 0.2) is 0 Å². The van der Waals surface area contributed by atoms with Crippen molar-refractivity contribution in [2.75, 3.05) is 5.73 Å². The summed E-state index contributed by atoms with van der Waals surface area (Å²) in [4.78, 5) is 13.7. The molecule has 5 N–H and O–H groups in total. The monoisotopic (exact) mass is 206 g/mol. The Labute approximate surface area is 85.1 Å². The fraction of sp³-hybridized carbons (Fsp3) is 0.100. The number of nitrogens with two attached hydrogens (primary N) is 1. The standard InChI is InChI=1S/C10H10N2O3/c1-4-3-12-8-6(11)2-5(10(14)15)9(13)7(4)8/h2-3,12-13H,11H2,1H3,(H,14,15). The minimum atomic E-state index is -1.19. The number of hydrogen-bond acceptors (Lipinski definition) is 3. The van der Waals surface area contributed by atoms with Crippen molar-refractivity contribution in [1.82, 2.24) is 4.98 Å². The van der Waals surface area contributed by atoms with Gasteiger partial charge in [-0.05, 0) is 18.6 Å². The number of aromatic amines is 1. The molecule has 2 rings (SSSR count). The zero-order chi connectivity index (χ0) is 11.2. The van der Waals surface area contributed by atoms with E-state index in [0.717, 1.165) is 5.56 Å². The molecule has 0 fully saturated rings. The van der Waals surface area contributed by atoms with Crippen LogP contribution in [0.3, 0.4) is 0 Å². The van der Waals surface area contributed by atoms with Gasteiger partial charge in [0, 0.05) is 11.6 Å². The minimum absolute atomic E-state index is 0.178. The van der Waals surface area contributed by atoms with Crippen LogP contribution in [0.4, 0.5) is 5.69 Å². The second-order valence-corrected chi connectivity index (χ2v) is 3.39. The second kappa shape index (κ2) is 2.91. The van der Waals surface area contributed by atoms with Crippen molar-refractivity contribution in [2.24, 2.45) is 0 Å². The van der Waals surface area contributed by atoms with Crippen LogP contribution in [0.5, 0.6) is 5.75 Å². The van der Waals surface area contributed by atoms with Gasteiger partial charge in [0.05, 0.1) is 11.2 Å². The van der Waals surface area contributed by atoms with Gasteiger partial charge in [-0.25, -0.2) is 4.79 Å². The molecule has 0 saturated carbocycles. The predicted molar refractivity (Wildman–Crippen MR) is 56.1 cm³/mol. The Hall–Kier alpha value is -2.17. The van der Waals surface area contributed by atoms with Crippen molar-refractivity contribution in [3.63, 3.8) is 0 Å². The highest BCUT2D eigenvalue weighted by Crippen LogP contribution is 2.34. The number of nitrogens with one attached hydrogen (secondary N) is 1. The molecule has 1 heterocycles. The Balaban J connectivity index is 2.94. The highest BCUT2D eigenvalue weighted by Gasteiger charge is 2.17. The number of fused-ring (bicyclic) bond motifs is 1. The SMILES string of the molecule is Cc1c[nH]c2c(N)cc(C(=O)O)c(O)c12. The molecule has 0 radical (unpaired) electrons. The number of aryl methyl sites for hydroxylation is 1. The summed E-state index contributed by atoms with van der Waals surface area (Å²) in [7, 11) is 0. The number of rotatable bonds is 1. The molecule has 1 aromatic heterocycles. The highest BCUT2D eigenvalue weighted by molar-refractivity contribution is 6.05. The minimum Gasteiger partial charge on any atom is -0.506 e. The second-order valence-electron chi connectivity index (χ2n) is 3.39. The van der Waals surface area contributed by atoms with Crippen LogP contribution in [0, 0.1) is 6.92 Å². The van der Waals surface area contributed by atoms with E-state index in [1.54, 1.807) is 13.1 Å². The van der Waals surface area contributed by atoms with Gasteiger partial charge >= 0.3 is 5.97 Å². The fourth-order valence-corrected chi connectivity index (χ4v) is 1.65. The van der Waals surface area contributed by atoms with E-state index in [4.69, 9.17) is 10.8 Å². The Kier molecular flexibility index (Phi) is 1.82. The third-order valence-electron chi connectivity index (χ3n) is 2.39. The first-order chi connectivity index (χ1) is 7.02. The number of nitrogen functional groups attached to an aromatic ring is 1. The van der Waals surface area contributed by atoms with E-state index in [0.29, 0.717) is 16.6 Å². The molecule has 15 heavy (non-hydrogen) atoms. The average Bonchev–Trinajstić information content (AvgIpc) is 2.54. The normalized spacial score (nSPS) is 10.7. The maximum Gasteiger partial charge on any atom is 0.339 e. The van der Waals surface area contributed by atoms with Gasteiger partial charge < -0.3 is 20.9 Å². The van der Waals surface area contributed by atoms with Crippen molar-refractivity contribution in [2.45, 2.75) is 6.92 Å². The molecule has 5 nitrogen and oxygen atoms in total. The van der Waals surface area contributed by atoms with Crippen LogP contribution >= 0.6 is 0 Å². The summed E-state index contributed by atoms with van der Waals surface area (Å²) in [6.45, 7) is 1.77. The van der Waals surface area contributed by atoms with Gasteiger partial charge in [0.25, 0.3) is 0 Å². The maximum atomic E-state index is 10.8. The van der Waals surface area contributed by atoms with Crippen molar-refractivity contribution in [3.05, 3.63) is 23.4 Å². The summed E-state index contributed by atoms with van der Waals surface area (Å²) in [5.41, 5.74) is 7.13. The van der Waals surface area contributed by atoms with Crippen LogP contribution in [0.1, 0.15) is 15.9 Å². The number of hydrogen-bond donors (Lipinski definition) is 4. The molecular weight excluding hydrogens is 196 g/mol. The number of H-pyrrole nitrogens is 1. The lowest BCUT2D eigenvalue weighted by molar-refractivity contribution is 0.0694. The number of benzene rings is 1. The molecule has 0 amide bonds. The molecule has 0 unspecified atom stereocenters. The van der Waals surface area contributed by atoms with E-state index >= 15 is 0 Å². The smallest absolute Gasteiger partial charge is 0.339 e. The van der Waals surface area contributed by atoms with Gasteiger partial charge in [-0.2, -0.15) is 0 Å². The van der Waals surface area contributed by atoms with Gasteiger partial charge in [0.1, 0.15) is 11.3 Å². The molecule has 0 aliphatic rings. The van der Waals surface area contributed by atoms with Crippen LogP contribution in [0.2, 0.25) is 0 Å². The van der Waals surface area contributed by atoms with Gasteiger partial charge in [-0.15, -0.1) is 0 Å². The van der Waals surface area contributed by atoms with Crippen molar-refractivity contribution >= 4 is 22.6 Å². The van der Waals surface area contributed by atoms with Crippen molar-refractivity contribution in [1.29, 1.82) is 0 Å². The van der Waals surface area contributed by atoms with Crippen molar-refractivity contribution in [3.8, 4) is 5.75 Å². The largest absolute Gasteiger partial charge is 0.506 e. The fourth-order valence-electron chi connectivity index (χ4n) is 1.65. The number of phenols is 1. The lowest BCUT2D eigenvalue weighted by atomic mass is 10.1. The Morgan fingerprint density at radius 1 is 1.53 bits per heavy atom. The predicted octanol–water partition coefficient (Wildman–Crippen LogP) is 1.46. The van der Waals surface area contributed by atoms with Crippen LogP contribution in [-0.4, -0.2) is 21.2 Å². The molecule has 0 aliphatic carbocycles. The molecule has 0 atom stereocenters. The lowest BCUT2D eigenvalue weighted by Gasteiger charge is -2.04. The third-order valence-corrected chi connectivity index (χ3v) is 2.39. The van der Waals surface area contributed by atoms with Crippen molar-refractivity contribution < 1.29 is 15.0 Å². The summed E-state index contributed by atoms with van der Waals surface area (Å²) in [5.74, 6) is -1.44. The van der Waals surface area contributed by atoms with Gasteiger partial charge in [0.2, 0.25) is 0 Å². The number of carbonyl (C=O) groups is 1. The summed E-state index contributed by atoms with van der Waals surface area (Å²) in [6, 6.07) is 1.25. The molecular formula is C10H10N2O3. The Bertz CT molecular complexity index is 557. The molecule has 0 saturated heterocycles. The molecule has 2 aromatic rings. The number of aromatic hydroxyl groups is 1. The summed E-state index contributed by atoms with van der Waals surface area (Å²) >= 11 is 0. The van der Waals surface area contributed by atoms with E-state index in [2.05, 4.69) is 4.98 Å². The number of aromatic nitrogens is 1. The summed E-state index contributed by atoms with van der Waals surface area (Å²) < 4.78 is 0. The van der Waals surface area contributed by atoms with E-state index in [1.807, 2.05) is 0 Å². The van der Waals surface area contributed by atoms with Crippen LogP contribution in [0.15, 0.2) is 12.3 Å². The quantitative estimate of drug-likeness (QED) is 0.419. The first-order valence-electron chi connectivity index (χ1n) is 4.34. The van der Waals surface area contributed by atoms with Crippen LogP contribution in [0.25, 0.3) is 10.9 Å². The number of carboxylic acid groups (broad SMARTS) is 1. The van der Waals surface area contributed by atoms with Crippen LogP contribution in [-0.2, 0) is 0 Å². The number of anilines is 1. The number of aromatic carboxylic acids is 1. The third kappa shape index (κ3) is 1.20. The molecule has 78 valence electrons. The van der Waals surface area contributed by atoms with E-state index in [1.165, 1.54) is 6.07 Å². The first kappa shape index (κ1) is 9.39. The van der Waals surface area contributed by atoms with E-state index < -0.39 is 5.97 Å². The zero-order valence-corrected chi connectivity index (χ0v) is 8.03. The maximum absolute atomic E-state index is 10.8. The van der Waals surface area contributed by atoms with Crippen LogP contribution < -0.4 is 5.73 Å². The highest BCUT2D eigenvalue weighted by atomic mass is 16.4. The van der Waals surface area contributed by atoms with Gasteiger partial charge in [-0.1, -0.05) is 0 Å². The first-order valence-corrected chi connectivity index (χ1v) is 4.34. The number of carboxylic acids is 1. The zero-order valence-electron chi connectivity index (χ0n) is 8.03. The Morgan fingerprint density at radius 2 is 2.20 bits per heavy atom. The lowest BCUT2D eigenvalue weighted by Crippen LogP contribution is -1.99. The molecule has 1 aromatic carbocycles. The molecule has 5 heteroatoms. The summed E-state index contributed by atoms with van der Waals surface area (Å²) in [6.07, 6.45) is 1.67. The molecule has 0 spiro atoms. The average molecular weight is 206 g/mol. The molecule has 0 bridgehead atoms. The van der Waals surface area contributed by atoms with E-state index in [-0.39, 0.29) is 11.3 Å². The molecule has 0 aliphatic heterocycles. The topological polar surface area (TPSA) is 99.3 Å². The van der Waals surface area contributed by atoms with E-state index in [9.17, 15) is 9.90 Å². The summed E-state index contributed by atoms with van der Waals surface area (Å²) in [5, 5.41) is 19.1. The van der Waals surface area contributed by atoms with Gasteiger partial charge in [-0.3, -0.25) is 0 Å².